The molecule has 20 heavy (non-hydrogen) atoms. The molecule has 110 valence electrons. The van der Waals surface area contributed by atoms with Gasteiger partial charge in [-0.25, -0.2) is 8.42 Å². The van der Waals surface area contributed by atoms with E-state index in [1.54, 1.807) is 7.05 Å². The molecule has 0 aliphatic heterocycles. The van der Waals surface area contributed by atoms with Gasteiger partial charge in [-0.2, -0.15) is 20.7 Å². The molecule has 0 saturated heterocycles. The van der Waals surface area contributed by atoms with E-state index in [4.69, 9.17) is 5.11 Å². The van der Waals surface area contributed by atoms with Crippen LogP contribution in [0.1, 0.15) is 12.0 Å². The first-order chi connectivity index (χ1) is 9.54. The Kier molecular flexibility index (Phi) is 4.92. The average molecular weight is 315 g/mol. The van der Waals surface area contributed by atoms with E-state index in [9.17, 15) is 8.42 Å². The average Bonchev–Trinajstić information content (AvgIpc) is 3.07. The summed E-state index contributed by atoms with van der Waals surface area (Å²) in [5.41, 5.74) is 0.966. The lowest BCUT2D eigenvalue weighted by Gasteiger charge is -2.15. The van der Waals surface area contributed by atoms with Gasteiger partial charge in [0.2, 0.25) is 10.0 Å². The fourth-order valence-corrected chi connectivity index (χ4v) is 3.51. The van der Waals surface area contributed by atoms with Gasteiger partial charge in [0.05, 0.1) is 6.20 Å². The summed E-state index contributed by atoms with van der Waals surface area (Å²) in [6, 6.07) is 1.90. The van der Waals surface area contributed by atoms with Gasteiger partial charge >= 0.3 is 0 Å². The third kappa shape index (κ3) is 3.45. The minimum absolute atomic E-state index is 0.0556. The van der Waals surface area contributed by atoms with E-state index >= 15 is 0 Å². The maximum absolute atomic E-state index is 12.4. The molecule has 0 unspecified atom stereocenters. The summed E-state index contributed by atoms with van der Waals surface area (Å²) in [7, 11) is -1.97. The van der Waals surface area contributed by atoms with Gasteiger partial charge < -0.3 is 5.11 Å². The molecule has 0 aliphatic carbocycles. The predicted molar refractivity (Wildman–Crippen MR) is 76.9 cm³/mol. The Labute approximate surface area is 122 Å². The molecule has 0 aromatic carbocycles. The zero-order valence-electron chi connectivity index (χ0n) is 11.1. The molecule has 2 heterocycles. The van der Waals surface area contributed by atoms with Crippen LogP contribution in [0.2, 0.25) is 0 Å². The quantitative estimate of drug-likeness (QED) is 0.831. The monoisotopic (exact) mass is 315 g/mol. The Morgan fingerprint density at radius 3 is 2.95 bits per heavy atom. The van der Waals surface area contributed by atoms with E-state index in [0.29, 0.717) is 19.5 Å². The van der Waals surface area contributed by atoms with Crippen LogP contribution in [0.5, 0.6) is 0 Å². The molecule has 0 spiro atoms. The van der Waals surface area contributed by atoms with E-state index in [0.717, 1.165) is 5.56 Å². The third-order valence-electron chi connectivity index (χ3n) is 2.85. The standard InChI is InChI=1S/C12H17N3O3S2/c1-14(8-11-3-6-19-10-11)20(17,18)12-7-13-15(9-12)4-2-5-16/h3,6-7,9-10,16H,2,4-5,8H2,1H3. The zero-order chi connectivity index (χ0) is 14.6. The Balaban J connectivity index is 2.10. The molecule has 1 N–H and O–H groups in total. The highest BCUT2D eigenvalue weighted by Crippen LogP contribution is 2.17. The van der Waals surface area contributed by atoms with Crippen LogP contribution in [0.25, 0.3) is 0 Å². The highest BCUT2D eigenvalue weighted by Gasteiger charge is 2.22. The molecule has 0 fully saturated rings. The van der Waals surface area contributed by atoms with Crippen LogP contribution in [0, 0.1) is 0 Å². The van der Waals surface area contributed by atoms with Gasteiger partial charge in [-0.1, -0.05) is 0 Å². The van der Waals surface area contributed by atoms with Crippen molar-refractivity contribution in [3.05, 3.63) is 34.8 Å². The predicted octanol–water partition coefficient (Wildman–Crippen LogP) is 1.15. The summed E-state index contributed by atoms with van der Waals surface area (Å²) in [5.74, 6) is 0. The second-order valence-electron chi connectivity index (χ2n) is 4.41. The van der Waals surface area contributed by atoms with Crippen molar-refractivity contribution >= 4 is 21.4 Å². The van der Waals surface area contributed by atoms with E-state index in [1.165, 1.54) is 32.7 Å². The SMILES string of the molecule is CN(Cc1ccsc1)S(=O)(=O)c1cnn(CCCO)c1. The van der Waals surface area contributed by atoms with Crippen LogP contribution in [0.4, 0.5) is 0 Å². The Morgan fingerprint density at radius 1 is 1.50 bits per heavy atom. The summed E-state index contributed by atoms with van der Waals surface area (Å²) in [6.45, 7) is 0.897. The van der Waals surface area contributed by atoms with Crippen LogP contribution in [0.3, 0.4) is 0 Å². The molecule has 6 nitrogen and oxygen atoms in total. The molecule has 2 rings (SSSR count). The first-order valence-electron chi connectivity index (χ1n) is 6.15. The lowest BCUT2D eigenvalue weighted by molar-refractivity contribution is 0.277. The van der Waals surface area contributed by atoms with Crippen molar-refractivity contribution in [1.82, 2.24) is 14.1 Å². The van der Waals surface area contributed by atoms with Crippen molar-refractivity contribution in [2.45, 2.75) is 24.4 Å². The molecule has 0 radical (unpaired) electrons. The maximum atomic E-state index is 12.4. The van der Waals surface area contributed by atoms with E-state index < -0.39 is 10.0 Å². The van der Waals surface area contributed by atoms with Gasteiger partial charge in [-0.05, 0) is 28.8 Å². The van der Waals surface area contributed by atoms with Crippen LogP contribution in [-0.4, -0.2) is 41.3 Å². The number of rotatable bonds is 7. The number of aryl methyl sites for hydroxylation is 1. The number of aromatic nitrogens is 2. The van der Waals surface area contributed by atoms with Gasteiger partial charge in [-0.15, -0.1) is 0 Å². The minimum Gasteiger partial charge on any atom is -0.396 e. The van der Waals surface area contributed by atoms with Crippen molar-refractivity contribution in [1.29, 1.82) is 0 Å². The molecule has 0 amide bonds. The van der Waals surface area contributed by atoms with Crippen LogP contribution in [-0.2, 0) is 23.1 Å². The first kappa shape index (κ1) is 15.2. The van der Waals surface area contributed by atoms with Gasteiger partial charge in [0.25, 0.3) is 0 Å². The van der Waals surface area contributed by atoms with Crippen LogP contribution >= 0.6 is 11.3 Å². The van der Waals surface area contributed by atoms with Crippen molar-refractivity contribution in [2.75, 3.05) is 13.7 Å². The number of aliphatic hydroxyl groups excluding tert-OH is 1. The minimum atomic E-state index is -3.53. The van der Waals surface area contributed by atoms with E-state index in [1.807, 2.05) is 16.8 Å². The second kappa shape index (κ2) is 6.49. The number of sulfonamides is 1. The number of aliphatic hydroxyl groups is 1. The fraction of sp³-hybridized carbons (Fsp3) is 0.417. The highest BCUT2D eigenvalue weighted by atomic mass is 32.2. The molecule has 0 bridgehead atoms. The maximum Gasteiger partial charge on any atom is 0.246 e. The zero-order valence-corrected chi connectivity index (χ0v) is 12.8. The molecule has 2 aromatic heterocycles. The number of hydrogen-bond acceptors (Lipinski definition) is 5. The summed E-state index contributed by atoms with van der Waals surface area (Å²) >= 11 is 1.54. The van der Waals surface area contributed by atoms with Crippen molar-refractivity contribution in [2.24, 2.45) is 0 Å². The molecular formula is C12H17N3O3S2. The van der Waals surface area contributed by atoms with Gasteiger partial charge in [-0.3, -0.25) is 4.68 Å². The molecular weight excluding hydrogens is 298 g/mol. The van der Waals surface area contributed by atoms with Gasteiger partial charge in [0.15, 0.2) is 0 Å². The van der Waals surface area contributed by atoms with E-state index in [2.05, 4.69) is 5.10 Å². The molecule has 0 atom stereocenters. The van der Waals surface area contributed by atoms with Crippen molar-refractivity contribution < 1.29 is 13.5 Å². The third-order valence-corrected chi connectivity index (χ3v) is 5.34. The smallest absolute Gasteiger partial charge is 0.246 e. The highest BCUT2D eigenvalue weighted by molar-refractivity contribution is 7.89. The largest absolute Gasteiger partial charge is 0.396 e. The Hall–Kier alpha value is -1.22. The lowest BCUT2D eigenvalue weighted by Crippen LogP contribution is -2.26. The molecule has 0 aliphatic rings. The summed E-state index contributed by atoms with van der Waals surface area (Å²) < 4.78 is 27.6. The Bertz CT molecular complexity index is 635. The fourth-order valence-electron chi connectivity index (χ4n) is 1.74. The molecule has 2 aromatic rings. The lowest BCUT2D eigenvalue weighted by atomic mass is 10.3. The summed E-state index contributed by atoms with van der Waals surface area (Å²) in [5, 5.41) is 16.6. The first-order valence-corrected chi connectivity index (χ1v) is 8.53. The summed E-state index contributed by atoms with van der Waals surface area (Å²) in [4.78, 5) is 0.174. The molecule has 8 heteroatoms. The molecule has 0 saturated carbocycles. The number of nitrogens with zero attached hydrogens (tertiary/aromatic N) is 3. The number of thiophene rings is 1. The van der Waals surface area contributed by atoms with E-state index in [-0.39, 0.29) is 11.5 Å². The Morgan fingerprint density at radius 2 is 2.30 bits per heavy atom. The normalized spacial score (nSPS) is 12.2. The van der Waals surface area contributed by atoms with Crippen molar-refractivity contribution in [3.8, 4) is 0 Å². The number of hydrogen-bond donors (Lipinski definition) is 1. The van der Waals surface area contributed by atoms with Crippen LogP contribution < -0.4 is 0 Å². The second-order valence-corrected chi connectivity index (χ2v) is 7.23. The van der Waals surface area contributed by atoms with Gasteiger partial charge in [0, 0.05) is 32.9 Å². The summed E-state index contributed by atoms with van der Waals surface area (Å²) in [6.07, 6.45) is 3.39. The van der Waals surface area contributed by atoms with Gasteiger partial charge in [0.1, 0.15) is 4.90 Å². The van der Waals surface area contributed by atoms with Crippen LogP contribution in [0.15, 0.2) is 34.1 Å². The van der Waals surface area contributed by atoms with Crippen molar-refractivity contribution in [3.63, 3.8) is 0 Å². The topological polar surface area (TPSA) is 75.4 Å².